The monoisotopic (exact) mass is 494 g/mol. The van der Waals surface area contributed by atoms with E-state index in [-0.39, 0.29) is 5.52 Å². The van der Waals surface area contributed by atoms with Crippen LogP contribution in [0.1, 0.15) is 11.1 Å². The van der Waals surface area contributed by atoms with Gasteiger partial charge in [-0.05, 0) is 47.3 Å². The zero-order chi connectivity index (χ0) is 25.4. The van der Waals surface area contributed by atoms with Crippen molar-refractivity contribution in [2.75, 3.05) is 0 Å². The first-order chi connectivity index (χ1) is 18.0. The summed E-state index contributed by atoms with van der Waals surface area (Å²) >= 11 is 0. The number of ether oxygens (including phenoxy) is 1. The lowest BCUT2D eigenvalue weighted by Gasteiger charge is -2.11. The van der Waals surface area contributed by atoms with E-state index in [1.165, 1.54) is 6.07 Å². The van der Waals surface area contributed by atoms with Crippen molar-refractivity contribution in [2.24, 2.45) is 0 Å². The molecule has 0 unspecified atom stereocenters. The van der Waals surface area contributed by atoms with Gasteiger partial charge >= 0.3 is 6.18 Å². The lowest BCUT2D eigenvalue weighted by Crippen LogP contribution is -2.06. The summed E-state index contributed by atoms with van der Waals surface area (Å²) in [6.07, 6.45) is -4.50. The van der Waals surface area contributed by atoms with E-state index in [9.17, 15) is 13.2 Å². The summed E-state index contributed by atoms with van der Waals surface area (Å²) in [6.45, 7) is 0.344. The van der Waals surface area contributed by atoms with Crippen molar-refractivity contribution in [3.05, 3.63) is 126 Å². The first-order valence-corrected chi connectivity index (χ1v) is 11.8. The SMILES string of the molecule is FC(F)(F)c1cccc2c(-c3ccc(Oc4cccc5ccccc45)cc3)n(Cc3ccccc3)nc12. The van der Waals surface area contributed by atoms with Gasteiger partial charge in [-0.2, -0.15) is 18.3 Å². The lowest BCUT2D eigenvalue weighted by atomic mass is 10.0. The minimum absolute atomic E-state index is 0.0583. The molecule has 0 bridgehead atoms. The molecule has 0 N–H and O–H groups in total. The number of aromatic nitrogens is 2. The Morgan fingerprint density at radius 3 is 2.14 bits per heavy atom. The first-order valence-electron chi connectivity index (χ1n) is 11.8. The van der Waals surface area contributed by atoms with E-state index >= 15 is 0 Å². The lowest BCUT2D eigenvalue weighted by molar-refractivity contribution is -0.136. The molecule has 0 fully saturated rings. The Bertz CT molecular complexity index is 1700. The van der Waals surface area contributed by atoms with Crippen LogP contribution in [-0.2, 0) is 12.7 Å². The molecule has 0 aliphatic carbocycles. The normalized spacial score (nSPS) is 11.8. The molecule has 5 aromatic carbocycles. The third-order valence-corrected chi connectivity index (χ3v) is 6.36. The number of hydrogen-bond donors (Lipinski definition) is 0. The number of nitrogens with zero attached hydrogens (tertiary/aromatic N) is 2. The van der Waals surface area contributed by atoms with Gasteiger partial charge < -0.3 is 4.74 Å². The molecule has 0 spiro atoms. The molecule has 0 atom stereocenters. The standard InChI is InChI=1S/C31H21F3N2O/c32-31(33,34)27-14-7-13-26-29(27)35-36(20-21-8-2-1-3-9-21)30(26)23-16-18-24(19-17-23)37-28-15-6-11-22-10-4-5-12-25(22)28/h1-19H,20H2. The van der Waals surface area contributed by atoms with Gasteiger partial charge in [-0.1, -0.05) is 78.9 Å². The van der Waals surface area contributed by atoms with E-state index in [2.05, 4.69) is 5.10 Å². The molecule has 0 aliphatic heterocycles. The highest BCUT2D eigenvalue weighted by Crippen LogP contribution is 2.39. The molecule has 3 nitrogen and oxygen atoms in total. The van der Waals surface area contributed by atoms with Crippen LogP contribution in [0.5, 0.6) is 11.5 Å². The predicted molar refractivity (Wildman–Crippen MR) is 140 cm³/mol. The maximum Gasteiger partial charge on any atom is 0.418 e. The molecular formula is C31H21F3N2O. The fourth-order valence-electron chi connectivity index (χ4n) is 4.65. The van der Waals surface area contributed by atoms with E-state index < -0.39 is 11.7 Å². The summed E-state index contributed by atoms with van der Waals surface area (Å²) in [4.78, 5) is 0. The highest BCUT2D eigenvalue weighted by molar-refractivity contribution is 5.95. The van der Waals surface area contributed by atoms with Crippen LogP contribution < -0.4 is 4.74 Å². The summed E-state index contributed by atoms with van der Waals surface area (Å²) in [6, 6.07) is 35.0. The van der Waals surface area contributed by atoms with Crippen molar-refractivity contribution in [3.8, 4) is 22.8 Å². The van der Waals surface area contributed by atoms with Gasteiger partial charge in [0.25, 0.3) is 0 Å². The number of rotatable bonds is 5. The Morgan fingerprint density at radius 2 is 1.35 bits per heavy atom. The molecule has 0 radical (unpaired) electrons. The Hall–Kier alpha value is -4.58. The summed E-state index contributed by atoms with van der Waals surface area (Å²) in [5.74, 6) is 1.37. The molecule has 0 saturated heterocycles. The Morgan fingerprint density at radius 1 is 0.676 bits per heavy atom. The van der Waals surface area contributed by atoms with Crippen LogP contribution in [0.3, 0.4) is 0 Å². The molecule has 6 heteroatoms. The molecule has 6 rings (SSSR count). The summed E-state index contributed by atoms with van der Waals surface area (Å²) in [5.41, 5.74) is 1.52. The molecule has 6 aromatic rings. The summed E-state index contributed by atoms with van der Waals surface area (Å²) < 4.78 is 49.2. The van der Waals surface area contributed by atoms with Crippen LogP contribution >= 0.6 is 0 Å². The molecule has 0 amide bonds. The maximum absolute atomic E-state index is 13.8. The Balaban J connectivity index is 1.42. The second-order valence-electron chi connectivity index (χ2n) is 8.80. The highest BCUT2D eigenvalue weighted by atomic mass is 19.4. The van der Waals surface area contributed by atoms with Crippen molar-refractivity contribution in [1.29, 1.82) is 0 Å². The zero-order valence-corrected chi connectivity index (χ0v) is 19.6. The second-order valence-corrected chi connectivity index (χ2v) is 8.80. The van der Waals surface area contributed by atoms with Crippen molar-refractivity contribution >= 4 is 21.7 Å². The topological polar surface area (TPSA) is 27.1 Å². The van der Waals surface area contributed by atoms with Crippen LogP contribution in [0.15, 0.2) is 115 Å². The summed E-state index contributed by atoms with van der Waals surface area (Å²) in [5, 5.41) is 6.97. The van der Waals surface area contributed by atoms with E-state index in [4.69, 9.17) is 4.74 Å². The fraction of sp³-hybridized carbons (Fsp3) is 0.0645. The van der Waals surface area contributed by atoms with Crippen LogP contribution in [0.4, 0.5) is 13.2 Å². The molecule has 0 saturated carbocycles. The molecule has 182 valence electrons. The minimum atomic E-state index is -4.50. The van der Waals surface area contributed by atoms with Gasteiger partial charge in [0.2, 0.25) is 0 Å². The Labute approximate surface area is 211 Å². The third-order valence-electron chi connectivity index (χ3n) is 6.36. The number of alkyl halides is 3. The van der Waals surface area contributed by atoms with Gasteiger partial charge in [0.1, 0.15) is 17.0 Å². The van der Waals surface area contributed by atoms with E-state index in [0.717, 1.165) is 33.7 Å². The predicted octanol–water partition coefficient (Wildman–Crippen LogP) is 8.72. The van der Waals surface area contributed by atoms with Crippen LogP contribution in [0, 0.1) is 0 Å². The van der Waals surface area contributed by atoms with Crippen molar-refractivity contribution in [2.45, 2.75) is 12.7 Å². The average molecular weight is 495 g/mol. The largest absolute Gasteiger partial charge is 0.457 e. The van der Waals surface area contributed by atoms with E-state index in [1.807, 2.05) is 97.1 Å². The number of halogens is 3. The Kier molecular flexibility index (Phi) is 5.64. The molecule has 0 aliphatic rings. The smallest absolute Gasteiger partial charge is 0.418 e. The highest BCUT2D eigenvalue weighted by Gasteiger charge is 2.34. The van der Waals surface area contributed by atoms with Gasteiger partial charge in [0.05, 0.1) is 17.8 Å². The maximum atomic E-state index is 13.8. The van der Waals surface area contributed by atoms with Crippen LogP contribution in [0.25, 0.3) is 32.9 Å². The van der Waals surface area contributed by atoms with Gasteiger partial charge in [0, 0.05) is 16.3 Å². The van der Waals surface area contributed by atoms with E-state index in [0.29, 0.717) is 23.4 Å². The van der Waals surface area contributed by atoms with Crippen molar-refractivity contribution in [1.82, 2.24) is 9.78 Å². The fourth-order valence-corrected chi connectivity index (χ4v) is 4.65. The first kappa shape index (κ1) is 22.9. The number of benzene rings is 5. The third kappa shape index (κ3) is 4.42. The van der Waals surface area contributed by atoms with Gasteiger partial charge in [-0.15, -0.1) is 0 Å². The average Bonchev–Trinajstić information content (AvgIpc) is 3.27. The van der Waals surface area contributed by atoms with Crippen molar-refractivity contribution < 1.29 is 17.9 Å². The molecule has 1 aromatic heterocycles. The van der Waals surface area contributed by atoms with Crippen molar-refractivity contribution in [3.63, 3.8) is 0 Å². The van der Waals surface area contributed by atoms with E-state index in [1.54, 1.807) is 10.7 Å². The van der Waals surface area contributed by atoms with Gasteiger partial charge in [0.15, 0.2) is 0 Å². The zero-order valence-electron chi connectivity index (χ0n) is 19.6. The van der Waals surface area contributed by atoms with Gasteiger partial charge in [-0.3, -0.25) is 4.68 Å². The van der Waals surface area contributed by atoms with Gasteiger partial charge in [-0.25, -0.2) is 0 Å². The number of hydrogen-bond acceptors (Lipinski definition) is 2. The minimum Gasteiger partial charge on any atom is -0.457 e. The molecular weight excluding hydrogens is 473 g/mol. The molecule has 1 heterocycles. The quantitative estimate of drug-likeness (QED) is 0.240. The second kappa shape index (κ2) is 9.13. The summed E-state index contributed by atoms with van der Waals surface area (Å²) in [7, 11) is 0. The van der Waals surface area contributed by atoms with Crippen LogP contribution in [-0.4, -0.2) is 9.78 Å². The van der Waals surface area contributed by atoms with Crippen LogP contribution in [0.2, 0.25) is 0 Å². The molecule has 37 heavy (non-hydrogen) atoms. The number of fused-ring (bicyclic) bond motifs is 2.